The molecule has 1 heterocycles. The van der Waals surface area contributed by atoms with Crippen molar-refractivity contribution in [3.63, 3.8) is 0 Å². The van der Waals surface area contributed by atoms with Crippen LogP contribution >= 0.6 is 0 Å². The molecule has 3 rings (SSSR count). The first kappa shape index (κ1) is 21.1. The number of nitrogens with one attached hydrogen (secondary N) is 2. The molecule has 0 bridgehead atoms. The average Bonchev–Trinajstić information content (AvgIpc) is 2.77. The molecule has 2 N–H and O–H groups in total. The Balaban J connectivity index is 1.36. The summed E-state index contributed by atoms with van der Waals surface area (Å²) in [5.41, 5.74) is 2.60. The van der Waals surface area contributed by atoms with E-state index in [2.05, 4.69) is 44.8 Å². The normalized spacial score (nSPS) is 15.1. The van der Waals surface area contributed by atoms with E-state index < -0.39 is 0 Å². The molecule has 1 fully saturated rings. The average molecular weight is 397 g/mol. The summed E-state index contributed by atoms with van der Waals surface area (Å²) in [6.07, 6.45) is 0.907. The molecule has 6 heteroatoms. The first-order valence-corrected chi connectivity index (χ1v) is 10.3. The Bertz CT molecular complexity index is 746. The maximum Gasteiger partial charge on any atom is 0.191 e. The number of hydrogen-bond donors (Lipinski definition) is 2. The van der Waals surface area contributed by atoms with E-state index >= 15 is 0 Å². The summed E-state index contributed by atoms with van der Waals surface area (Å²) >= 11 is 0. The van der Waals surface area contributed by atoms with Crippen LogP contribution in [-0.4, -0.2) is 57.4 Å². The number of ether oxygens (including phenoxy) is 2. The van der Waals surface area contributed by atoms with Gasteiger partial charge in [0.05, 0.1) is 19.8 Å². The molecule has 29 heavy (non-hydrogen) atoms. The van der Waals surface area contributed by atoms with Crippen molar-refractivity contribution in [1.82, 2.24) is 15.5 Å². The minimum Gasteiger partial charge on any atom is -0.494 e. The highest BCUT2D eigenvalue weighted by Crippen LogP contribution is 2.10. The fourth-order valence-electron chi connectivity index (χ4n) is 3.25. The van der Waals surface area contributed by atoms with Crippen LogP contribution in [0.5, 0.6) is 5.75 Å². The maximum absolute atomic E-state index is 5.71. The zero-order chi connectivity index (χ0) is 20.2. The summed E-state index contributed by atoms with van der Waals surface area (Å²) in [6, 6.07) is 18.6. The quantitative estimate of drug-likeness (QED) is 0.388. The number of para-hydroxylation sites is 1. The van der Waals surface area contributed by atoms with Crippen LogP contribution < -0.4 is 15.4 Å². The molecule has 0 saturated carbocycles. The minimum absolute atomic E-state index is 0.678. The van der Waals surface area contributed by atoms with Gasteiger partial charge in [0, 0.05) is 39.8 Å². The first-order chi connectivity index (χ1) is 14.3. The molecule has 6 nitrogen and oxygen atoms in total. The molecule has 0 spiro atoms. The lowest BCUT2D eigenvalue weighted by molar-refractivity contribution is 0.0342. The van der Waals surface area contributed by atoms with Crippen molar-refractivity contribution in [2.75, 3.05) is 46.5 Å². The number of hydrogen-bond acceptors (Lipinski definition) is 4. The molecule has 1 saturated heterocycles. The number of aliphatic imine (C=N–C) groups is 1. The third-order valence-corrected chi connectivity index (χ3v) is 4.81. The van der Waals surface area contributed by atoms with Gasteiger partial charge in [-0.15, -0.1) is 0 Å². The number of guanidine groups is 1. The van der Waals surface area contributed by atoms with E-state index in [-0.39, 0.29) is 0 Å². The van der Waals surface area contributed by atoms with E-state index in [1.807, 2.05) is 30.3 Å². The van der Waals surface area contributed by atoms with Crippen molar-refractivity contribution in [2.24, 2.45) is 4.99 Å². The lowest BCUT2D eigenvalue weighted by Gasteiger charge is -2.26. The highest BCUT2D eigenvalue weighted by Gasteiger charge is 2.10. The smallest absolute Gasteiger partial charge is 0.191 e. The molecule has 0 atom stereocenters. The van der Waals surface area contributed by atoms with E-state index in [0.717, 1.165) is 64.1 Å². The molecule has 0 radical (unpaired) electrons. The molecular weight excluding hydrogens is 364 g/mol. The Labute approximate surface area is 173 Å². The Morgan fingerprint density at radius 1 is 1.03 bits per heavy atom. The standard InChI is InChI=1S/C23H32N4O2/c1-24-23(25-11-6-14-29-22-9-3-2-4-10-22)26-18-20-7-5-8-21(17-20)19-27-12-15-28-16-13-27/h2-5,7-10,17H,6,11-16,18-19H2,1H3,(H2,24,25,26). The lowest BCUT2D eigenvalue weighted by atomic mass is 10.1. The van der Waals surface area contributed by atoms with Crippen LogP contribution in [-0.2, 0) is 17.8 Å². The van der Waals surface area contributed by atoms with Gasteiger partial charge in [-0.1, -0.05) is 42.5 Å². The lowest BCUT2D eigenvalue weighted by Crippen LogP contribution is -2.37. The molecule has 0 aromatic heterocycles. The molecule has 0 unspecified atom stereocenters. The zero-order valence-electron chi connectivity index (χ0n) is 17.3. The molecule has 0 amide bonds. The monoisotopic (exact) mass is 396 g/mol. The largest absolute Gasteiger partial charge is 0.494 e. The highest BCUT2D eigenvalue weighted by atomic mass is 16.5. The highest BCUT2D eigenvalue weighted by molar-refractivity contribution is 5.79. The fraction of sp³-hybridized carbons (Fsp3) is 0.435. The Hall–Kier alpha value is -2.57. The summed E-state index contributed by atoms with van der Waals surface area (Å²) in [7, 11) is 1.80. The van der Waals surface area contributed by atoms with Crippen LogP contribution in [0.4, 0.5) is 0 Å². The summed E-state index contributed by atoms with van der Waals surface area (Å²) < 4.78 is 11.1. The predicted molar refractivity (Wildman–Crippen MR) is 117 cm³/mol. The van der Waals surface area contributed by atoms with E-state index in [4.69, 9.17) is 9.47 Å². The van der Waals surface area contributed by atoms with Gasteiger partial charge < -0.3 is 20.1 Å². The van der Waals surface area contributed by atoms with E-state index in [0.29, 0.717) is 6.61 Å². The molecule has 2 aromatic carbocycles. The molecule has 156 valence electrons. The van der Waals surface area contributed by atoms with Crippen molar-refractivity contribution >= 4 is 5.96 Å². The van der Waals surface area contributed by atoms with Gasteiger partial charge >= 0.3 is 0 Å². The Morgan fingerprint density at radius 2 is 1.83 bits per heavy atom. The second kappa shape index (κ2) is 12.1. The van der Waals surface area contributed by atoms with E-state index in [1.54, 1.807) is 7.05 Å². The van der Waals surface area contributed by atoms with E-state index in [9.17, 15) is 0 Å². The SMILES string of the molecule is CN=C(NCCCOc1ccccc1)NCc1cccc(CN2CCOCC2)c1. The topological polar surface area (TPSA) is 58.1 Å². The van der Waals surface area contributed by atoms with Gasteiger partial charge in [-0.3, -0.25) is 9.89 Å². The van der Waals surface area contributed by atoms with Gasteiger partial charge in [-0.2, -0.15) is 0 Å². The van der Waals surface area contributed by atoms with Gasteiger partial charge in [0.2, 0.25) is 0 Å². The van der Waals surface area contributed by atoms with Crippen molar-refractivity contribution in [3.05, 3.63) is 65.7 Å². The van der Waals surface area contributed by atoms with Crippen LogP contribution in [0.2, 0.25) is 0 Å². The fourth-order valence-corrected chi connectivity index (χ4v) is 3.25. The number of morpholine rings is 1. The molecule has 2 aromatic rings. The van der Waals surface area contributed by atoms with Crippen molar-refractivity contribution in [3.8, 4) is 5.75 Å². The second-order valence-electron chi connectivity index (χ2n) is 7.08. The van der Waals surface area contributed by atoms with Crippen LogP contribution in [0.15, 0.2) is 59.6 Å². The molecule has 1 aliphatic heterocycles. The van der Waals surface area contributed by atoms with E-state index in [1.165, 1.54) is 11.1 Å². The number of nitrogens with zero attached hydrogens (tertiary/aromatic N) is 2. The Kier molecular flexibility index (Phi) is 8.82. The summed E-state index contributed by atoms with van der Waals surface area (Å²) in [6.45, 7) is 6.89. The van der Waals surface area contributed by atoms with Crippen molar-refractivity contribution < 1.29 is 9.47 Å². The van der Waals surface area contributed by atoms with Crippen LogP contribution in [0.1, 0.15) is 17.5 Å². The summed E-state index contributed by atoms with van der Waals surface area (Å²) in [5, 5.41) is 6.73. The first-order valence-electron chi connectivity index (χ1n) is 10.3. The van der Waals surface area contributed by atoms with Gasteiger partial charge in [-0.05, 0) is 29.7 Å². The van der Waals surface area contributed by atoms with Crippen molar-refractivity contribution in [2.45, 2.75) is 19.5 Å². The van der Waals surface area contributed by atoms with Crippen molar-refractivity contribution in [1.29, 1.82) is 0 Å². The van der Waals surface area contributed by atoms with Crippen LogP contribution in [0, 0.1) is 0 Å². The number of rotatable bonds is 9. The minimum atomic E-state index is 0.678. The van der Waals surface area contributed by atoms with Gasteiger partial charge in [0.25, 0.3) is 0 Å². The third kappa shape index (κ3) is 7.75. The number of benzene rings is 2. The van der Waals surface area contributed by atoms with Crippen LogP contribution in [0.25, 0.3) is 0 Å². The van der Waals surface area contributed by atoms with Crippen LogP contribution in [0.3, 0.4) is 0 Å². The van der Waals surface area contributed by atoms with Gasteiger partial charge in [0.15, 0.2) is 5.96 Å². The molecular formula is C23H32N4O2. The Morgan fingerprint density at radius 3 is 2.62 bits per heavy atom. The molecule has 0 aliphatic carbocycles. The third-order valence-electron chi connectivity index (χ3n) is 4.81. The second-order valence-corrected chi connectivity index (χ2v) is 7.08. The maximum atomic E-state index is 5.71. The summed E-state index contributed by atoms with van der Waals surface area (Å²) in [4.78, 5) is 6.74. The van der Waals surface area contributed by atoms with Gasteiger partial charge in [-0.25, -0.2) is 0 Å². The summed E-state index contributed by atoms with van der Waals surface area (Å²) in [5.74, 6) is 1.72. The molecule has 1 aliphatic rings. The van der Waals surface area contributed by atoms with Gasteiger partial charge in [0.1, 0.15) is 5.75 Å². The predicted octanol–water partition coefficient (Wildman–Crippen LogP) is 2.65. The zero-order valence-corrected chi connectivity index (χ0v) is 17.3.